The average molecular weight is 324 g/mol. The molecule has 0 N–H and O–H groups in total. The summed E-state index contributed by atoms with van der Waals surface area (Å²) < 4.78 is 11.4. The van der Waals surface area contributed by atoms with Crippen LogP contribution in [0.2, 0.25) is 5.02 Å². The van der Waals surface area contributed by atoms with Crippen molar-refractivity contribution in [3.05, 3.63) is 28.8 Å². The minimum atomic E-state index is -1.26. The highest BCUT2D eigenvalue weighted by Crippen LogP contribution is 2.48. The summed E-state index contributed by atoms with van der Waals surface area (Å²) in [5.41, 5.74) is 1.50. The van der Waals surface area contributed by atoms with E-state index in [-0.39, 0.29) is 5.91 Å². The largest absolute Gasteiger partial charge is 0.336 e. The number of amides is 1. The molecule has 1 saturated heterocycles. The van der Waals surface area contributed by atoms with Crippen LogP contribution in [-0.4, -0.2) is 25.7 Å². The minimum absolute atomic E-state index is 0.136. The summed E-state index contributed by atoms with van der Waals surface area (Å²) in [5, 5.41) is 0.579. The van der Waals surface area contributed by atoms with E-state index in [4.69, 9.17) is 21.1 Å². The molecule has 1 aromatic carbocycles. The Morgan fingerprint density at radius 3 is 2.64 bits per heavy atom. The molecule has 0 atom stereocenters. The van der Waals surface area contributed by atoms with Crippen LogP contribution < -0.4 is 4.90 Å². The SMILES string of the molecule is CCCCCCCN1C(=O)C2(OCCO2)c2cccc(Cl)c21. The molecule has 2 heterocycles. The number of halogens is 1. The lowest BCUT2D eigenvalue weighted by Gasteiger charge is -2.22. The summed E-state index contributed by atoms with van der Waals surface area (Å²) in [5.74, 6) is -1.40. The minimum Gasteiger partial charge on any atom is -0.336 e. The zero-order valence-electron chi connectivity index (χ0n) is 12.9. The van der Waals surface area contributed by atoms with Crippen LogP contribution >= 0.6 is 11.6 Å². The van der Waals surface area contributed by atoms with Crippen molar-refractivity contribution in [2.24, 2.45) is 0 Å². The van der Waals surface area contributed by atoms with Gasteiger partial charge in [-0.3, -0.25) is 4.79 Å². The van der Waals surface area contributed by atoms with Gasteiger partial charge in [-0.1, -0.05) is 56.3 Å². The van der Waals surface area contributed by atoms with Crippen molar-refractivity contribution in [2.45, 2.75) is 44.8 Å². The Morgan fingerprint density at radius 2 is 1.91 bits per heavy atom. The van der Waals surface area contributed by atoms with E-state index >= 15 is 0 Å². The molecule has 2 aliphatic heterocycles. The molecule has 0 bridgehead atoms. The number of hydrogen-bond acceptors (Lipinski definition) is 3. The Morgan fingerprint density at radius 1 is 1.18 bits per heavy atom. The van der Waals surface area contributed by atoms with Crippen molar-refractivity contribution in [2.75, 3.05) is 24.7 Å². The number of fused-ring (bicyclic) bond motifs is 2. The summed E-state index contributed by atoms with van der Waals surface area (Å²) in [6.45, 7) is 3.72. The number of unbranched alkanes of at least 4 members (excludes halogenated alkanes) is 4. The summed E-state index contributed by atoms with van der Waals surface area (Å²) in [4.78, 5) is 14.6. The molecule has 0 unspecified atom stereocenters. The average Bonchev–Trinajstić information content (AvgIpc) is 3.09. The number of ether oxygens (including phenoxy) is 2. The molecule has 1 spiro atoms. The number of para-hydroxylation sites is 1. The molecule has 1 amide bonds. The maximum atomic E-state index is 12.9. The highest BCUT2D eigenvalue weighted by atomic mass is 35.5. The fourth-order valence-electron chi connectivity index (χ4n) is 3.23. The molecule has 0 saturated carbocycles. The molecule has 1 aromatic rings. The van der Waals surface area contributed by atoms with E-state index in [0.29, 0.717) is 24.8 Å². The molecular weight excluding hydrogens is 302 g/mol. The summed E-state index contributed by atoms with van der Waals surface area (Å²) in [7, 11) is 0. The van der Waals surface area contributed by atoms with Gasteiger partial charge in [0.15, 0.2) is 0 Å². The predicted octanol–water partition coefficient (Wildman–Crippen LogP) is 3.86. The van der Waals surface area contributed by atoms with E-state index < -0.39 is 5.79 Å². The summed E-state index contributed by atoms with van der Waals surface area (Å²) in [6, 6.07) is 5.53. The number of rotatable bonds is 6. The Hall–Kier alpha value is -1.10. The fraction of sp³-hybridized carbons (Fsp3) is 0.588. The molecule has 0 aliphatic carbocycles. The van der Waals surface area contributed by atoms with Crippen LogP contribution in [0.3, 0.4) is 0 Å². The first-order valence-electron chi connectivity index (χ1n) is 8.09. The third-order valence-corrected chi connectivity index (χ3v) is 4.62. The van der Waals surface area contributed by atoms with Gasteiger partial charge >= 0.3 is 0 Å². The predicted molar refractivity (Wildman–Crippen MR) is 86.1 cm³/mol. The van der Waals surface area contributed by atoms with Gasteiger partial charge in [-0.05, 0) is 12.5 Å². The Balaban J connectivity index is 1.81. The number of carbonyl (C=O) groups is 1. The van der Waals surface area contributed by atoms with Gasteiger partial charge in [-0.25, -0.2) is 0 Å². The Bertz CT molecular complexity index is 555. The number of benzene rings is 1. The third kappa shape index (κ3) is 2.53. The maximum Gasteiger partial charge on any atom is 0.292 e. The van der Waals surface area contributed by atoms with Gasteiger partial charge in [0.05, 0.1) is 23.9 Å². The van der Waals surface area contributed by atoms with E-state index in [1.54, 1.807) is 4.90 Å². The lowest BCUT2D eigenvalue weighted by atomic mass is 10.1. The molecule has 2 aliphatic rings. The molecule has 22 heavy (non-hydrogen) atoms. The van der Waals surface area contributed by atoms with Crippen LogP contribution in [0.5, 0.6) is 0 Å². The highest BCUT2D eigenvalue weighted by molar-refractivity contribution is 6.35. The second kappa shape index (κ2) is 6.57. The van der Waals surface area contributed by atoms with E-state index in [2.05, 4.69) is 6.92 Å². The van der Waals surface area contributed by atoms with Gasteiger partial charge in [0.2, 0.25) is 0 Å². The Kier molecular flexibility index (Phi) is 4.71. The lowest BCUT2D eigenvalue weighted by Crippen LogP contribution is -2.41. The zero-order valence-corrected chi connectivity index (χ0v) is 13.7. The molecule has 5 heteroatoms. The molecule has 0 radical (unpaired) electrons. The van der Waals surface area contributed by atoms with Crippen LogP contribution in [-0.2, 0) is 20.1 Å². The van der Waals surface area contributed by atoms with Gasteiger partial charge in [0.25, 0.3) is 11.7 Å². The summed E-state index contributed by atoms with van der Waals surface area (Å²) >= 11 is 6.35. The van der Waals surface area contributed by atoms with E-state index in [1.165, 1.54) is 19.3 Å². The van der Waals surface area contributed by atoms with Crippen molar-refractivity contribution in [3.63, 3.8) is 0 Å². The zero-order chi connectivity index (χ0) is 15.6. The maximum absolute atomic E-state index is 12.9. The van der Waals surface area contributed by atoms with Gasteiger partial charge in [0, 0.05) is 12.1 Å². The highest BCUT2D eigenvalue weighted by Gasteiger charge is 2.56. The molecular formula is C17H22ClNO3. The molecule has 3 rings (SSSR count). The molecule has 0 aromatic heterocycles. The third-order valence-electron chi connectivity index (χ3n) is 4.32. The first-order chi connectivity index (χ1) is 10.7. The van der Waals surface area contributed by atoms with E-state index in [1.807, 2.05) is 18.2 Å². The van der Waals surface area contributed by atoms with Crippen LogP contribution in [0.1, 0.15) is 44.6 Å². The Labute approximate surface area is 136 Å². The fourth-order valence-corrected chi connectivity index (χ4v) is 3.50. The smallest absolute Gasteiger partial charge is 0.292 e. The van der Waals surface area contributed by atoms with Crippen LogP contribution in [0.25, 0.3) is 0 Å². The van der Waals surface area contributed by atoms with Crippen molar-refractivity contribution in [3.8, 4) is 0 Å². The first kappa shape index (κ1) is 15.8. The van der Waals surface area contributed by atoms with E-state index in [9.17, 15) is 4.79 Å². The number of carbonyl (C=O) groups excluding carboxylic acids is 1. The van der Waals surface area contributed by atoms with Crippen molar-refractivity contribution >= 4 is 23.2 Å². The molecule has 4 nitrogen and oxygen atoms in total. The van der Waals surface area contributed by atoms with E-state index in [0.717, 1.165) is 24.1 Å². The topological polar surface area (TPSA) is 38.8 Å². The standard InChI is InChI=1S/C17H22ClNO3/c1-2-3-4-5-6-10-19-15-13(8-7-9-14(15)18)17(16(19)20)21-11-12-22-17/h7-9H,2-6,10-12H2,1H3. The number of hydrogen-bond donors (Lipinski definition) is 0. The van der Waals surface area contributed by atoms with Gasteiger partial charge < -0.3 is 14.4 Å². The van der Waals surface area contributed by atoms with Crippen LogP contribution in [0.4, 0.5) is 5.69 Å². The van der Waals surface area contributed by atoms with Crippen molar-refractivity contribution < 1.29 is 14.3 Å². The first-order valence-corrected chi connectivity index (χ1v) is 8.47. The van der Waals surface area contributed by atoms with Gasteiger partial charge in [0.1, 0.15) is 0 Å². The van der Waals surface area contributed by atoms with Crippen LogP contribution in [0.15, 0.2) is 18.2 Å². The van der Waals surface area contributed by atoms with Crippen LogP contribution in [0, 0.1) is 0 Å². The molecule has 1 fully saturated rings. The van der Waals surface area contributed by atoms with Crippen molar-refractivity contribution in [1.29, 1.82) is 0 Å². The molecule has 120 valence electrons. The quantitative estimate of drug-likeness (QED) is 0.746. The summed E-state index contributed by atoms with van der Waals surface area (Å²) in [6.07, 6.45) is 5.73. The number of anilines is 1. The number of nitrogens with zero attached hydrogens (tertiary/aromatic N) is 1. The van der Waals surface area contributed by atoms with Crippen molar-refractivity contribution in [1.82, 2.24) is 0 Å². The lowest BCUT2D eigenvalue weighted by molar-refractivity contribution is -0.180. The normalized spacial score (nSPS) is 19.2. The monoisotopic (exact) mass is 323 g/mol. The second-order valence-electron chi connectivity index (χ2n) is 5.82. The van der Waals surface area contributed by atoms with Gasteiger partial charge in [-0.2, -0.15) is 0 Å². The second-order valence-corrected chi connectivity index (χ2v) is 6.23. The van der Waals surface area contributed by atoms with Gasteiger partial charge in [-0.15, -0.1) is 0 Å².